The van der Waals surface area contributed by atoms with Crippen LogP contribution in [0.4, 0.5) is 5.69 Å². The summed E-state index contributed by atoms with van der Waals surface area (Å²) >= 11 is 0. The first kappa shape index (κ1) is 13.5. The van der Waals surface area contributed by atoms with Gasteiger partial charge in [-0.2, -0.15) is 0 Å². The SMILES string of the molecule is Cc1c(N)cccc1C(=O)NC(C)CCCO. The molecule has 0 spiro atoms. The van der Waals surface area contributed by atoms with Crippen molar-refractivity contribution in [3.63, 3.8) is 0 Å². The number of aliphatic hydroxyl groups is 1. The summed E-state index contributed by atoms with van der Waals surface area (Å²) in [6.07, 6.45) is 1.46. The zero-order valence-electron chi connectivity index (χ0n) is 10.4. The van der Waals surface area contributed by atoms with Crippen LogP contribution in [0.15, 0.2) is 18.2 Å². The molecule has 94 valence electrons. The van der Waals surface area contributed by atoms with Crippen molar-refractivity contribution < 1.29 is 9.90 Å². The maximum atomic E-state index is 12.0. The van der Waals surface area contributed by atoms with Crippen molar-refractivity contribution in [3.05, 3.63) is 29.3 Å². The van der Waals surface area contributed by atoms with E-state index in [-0.39, 0.29) is 18.6 Å². The van der Waals surface area contributed by atoms with Crippen LogP contribution in [-0.4, -0.2) is 23.7 Å². The fraction of sp³-hybridized carbons (Fsp3) is 0.462. The predicted molar refractivity (Wildman–Crippen MR) is 68.8 cm³/mol. The molecule has 17 heavy (non-hydrogen) atoms. The highest BCUT2D eigenvalue weighted by atomic mass is 16.2. The number of aliphatic hydroxyl groups excluding tert-OH is 1. The first-order valence-electron chi connectivity index (χ1n) is 5.83. The van der Waals surface area contributed by atoms with E-state index in [1.807, 2.05) is 13.8 Å². The number of amides is 1. The van der Waals surface area contributed by atoms with Gasteiger partial charge in [-0.1, -0.05) is 6.07 Å². The zero-order valence-corrected chi connectivity index (χ0v) is 10.4. The lowest BCUT2D eigenvalue weighted by Crippen LogP contribution is -2.33. The van der Waals surface area contributed by atoms with E-state index in [2.05, 4.69) is 5.32 Å². The summed E-state index contributed by atoms with van der Waals surface area (Å²) in [5.41, 5.74) is 7.80. The van der Waals surface area contributed by atoms with E-state index in [1.165, 1.54) is 0 Å². The Hall–Kier alpha value is -1.55. The molecule has 0 saturated heterocycles. The van der Waals surface area contributed by atoms with Crippen LogP contribution in [0.25, 0.3) is 0 Å². The minimum Gasteiger partial charge on any atom is -0.398 e. The third-order valence-corrected chi connectivity index (χ3v) is 2.79. The molecule has 1 amide bonds. The summed E-state index contributed by atoms with van der Waals surface area (Å²) in [4.78, 5) is 12.0. The highest BCUT2D eigenvalue weighted by Crippen LogP contribution is 2.15. The van der Waals surface area contributed by atoms with Crippen molar-refractivity contribution >= 4 is 11.6 Å². The molecule has 1 aromatic carbocycles. The predicted octanol–water partition coefficient (Wildman–Crippen LogP) is 1.47. The Balaban J connectivity index is 2.67. The molecule has 0 radical (unpaired) electrons. The van der Waals surface area contributed by atoms with Crippen molar-refractivity contribution in [1.29, 1.82) is 0 Å². The van der Waals surface area contributed by atoms with E-state index in [0.29, 0.717) is 17.7 Å². The number of benzene rings is 1. The van der Waals surface area contributed by atoms with Gasteiger partial charge in [0.2, 0.25) is 0 Å². The van der Waals surface area contributed by atoms with Crippen LogP contribution in [0.2, 0.25) is 0 Å². The lowest BCUT2D eigenvalue weighted by atomic mass is 10.1. The normalized spacial score (nSPS) is 12.2. The van der Waals surface area contributed by atoms with Crippen LogP contribution < -0.4 is 11.1 Å². The number of hydrogen-bond acceptors (Lipinski definition) is 3. The van der Waals surface area contributed by atoms with Crippen LogP contribution in [0.1, 0.15) is 35.7 Å². The highest BCUT2D eigenvalue weighted by Gasteiger charge is 2.12. The zero-order chi connectivity index (χ0) is 12.8. The minimum absolute atomic E-state index is 0.0514. The molecule has 1 atom stereocenters. The number of carbonyl (C=O) groups is 1. The van der Waals surface area contributed by atoms with Crippen molar-refractivity contribution in [1.82, 2.24) is 5.32 Å². The average molecular weight is 236 g/mol. The lowest BCUT2D eigenvalue weighted by molar-refractivity contribution is 0.0936. The Bertz CT molecular complexity index is 391. The molecular formula is C13H20N2O2. The van der Waals surface area contributed by atoms with Crippen LogP contribution in [0.3, 0.4) is 0 Å². The largest absolute Gasteiger partial charge is 0.398 e. The number of carbonyl (C=O) groups excluding carboxylic acids is 1. The van der Waals surface area contributed by atoms with E-state index >= 15 is 0 Å². The molecule has 1 aromatic rings. The fourth-order valence-electron chi connectivity index (χ4n) is 1.67. The van der Waals surface area contributed by atoms with E-state index in [1.54, 1.807) is 18.2 Å². The third-order valence-electron chi connectivity index (χ3n) is 2.79. The third kappa shape index (κ3) is 3.75. The fourth-order valence-corrected chi connectivity index (χ4v) is 1.67. The maximum absolute atomic E-state index is 12.0. The summed E-state index contributed by atoms with van der Waals surface area (Å²) in [5.74, 6) is -0.111. The number of nitrogens with two attached hydrogens (primary N) is 1. The van der Waals surface area contributed by atoms with Crippen LogP contribution >= 0.6 is 0 Å². The molecule has 4 N–H and O–H groups in total. The standard InChI is InChI=1S/C13H20N2O2/c1-9(5-4-8-16)15-13(17)11-6-3-7-12(14)10(11)2/h3,6-7,9,16H,4-5,8,14H2,1-2H3,(H,15,17). The second kappa shape index (κ2) is 6.25. The summed E-state index contributed by atoms with van der Waals surface area (Å²) in [6.45, 7) is 3.91. The van der Waals surface area contributed by atoms with E-state index in [0.717, 1.165) is 12.0 Å². The molecule has 1 rings (SSSR count). The Labute approximate surface area is 102 Å². The monoisotopic (exact) mass is 236 g/mol. The summed E-state index contributed by atoms with van der Waals surface area (Å²) in [7, 11) is 0. The van der Waals surface area contributed by atoms with Gasteiger partial charge in [0.05, 0.1) is 0 Å². The number of nitrogen functional groups attached to an aromatic ring is 1. The van der Waals surface area contributed by atoms with Crippen molar-refractivity contribution in [2.75, 3.05) is 12.3 Å². The van der Waals surface area contributed by atoms with Crippen LogP contribution in [-0.2, 0) is 0 Å². The molecule has 4 nitrogen and oxygen atoms in total. The minimum atomic E-state index is -0.111. The Kier molecular flexibility index (Phi) is 4.97. The van der Waals surface area contributed by atoms with Crippen molar-refractivity contribution in [2.45, 2.75) is 32.7 Å². The van der Waals surface area contributed by atoms with Crippen molar-refractivity contribution in [2.24, 2.45) is 0 Å². The Morgan fingerprint density at radius 3 is 2.88 bits per heavy atom. The van der Waals surface area contributed by atoms with Crippen LogP contribution in [0.5, 0.6) is 0 Å². The molecule has 0 aliphatic rings. The van der Waals surface area contributed by atoms with Gasteiger partial charge in [0.1, 0.15) is 0 Å². The molecule has 0 aromatic heterocycles. The van der Waals surface area contributed by atoms with Gasteiger partial charge in [0.15, 0.2) is 0 Å². The highest BCUT2D eigenvalue weighted by molar-refractivity contribution is 5.97. The topological polar surface area (TPSA) is 75.4 Å². The van der Waals surface area contributed by atoms with Gasteiger partial charge in [-0.05, 0) is 44.4 Å². The second-order valence-corrected chi connectivity index (χ2v) is 4.26. The molecular weight excluding hydrogens is 216 g/mol. The summed E-state index contributed by atoms with van der Waals surface area (Å²) in [5, 5.41) is 11.6. The second-order valence-electron chi connectivity index (χ2n) is 4.26. The first-order chi connectivity index (χ1) is 8.06. The lowest BCUT2D eigenvalue weighted by Gasteiger charge is -2.14. The number of nitrogens with one attached hydrogen (secondary N) is 1. The van der Waals surface area contributed by atoms with Crippen molar-refractivity contribution in [3.8, 4) is 0 Å². The Morgan fingerprint density at radius 1 is 1.53 bits per heavy atom. The smallest absolute Gasteiger partial charge is 0.251 e. The number of hydrogen-bond donors (Lipinski definition) is 3. The van der Waals surface area contributed by atoms with Gasteiger partial charge in [0.25, 0.3) is 5.91 Å². The van der Waals surface area contributed by atoms with E-state index < -0.39 is 0 Å². The molecule has 0 saturated carbocycles. The molecule has 0 aliphatic heterocycles. The first-order valence-corrected chi connectivity index (χ1v) is 5.83. The van der Waals surface area contributed by atoms with Gasteiger partial charge in [0, 0.05) is 23.9 Å². The van der Waals surface area contributed by atoms with Gasteiger partial charge in [-0.25, -0.2) is 0 Å². The van der Waals surface area contributed by atoms with Crippen LogP contribution in [0, 0.1) is 6.92 Å². The quantitative estimate of drug-likeness (QED) is 0.678. The van der Waals surface area contributed by atoms with E-state index in [9.17, 15) is 4.79 Å². The molecule has 0 aliphatic carbocycles. The molecule has 4 heteroatoms. The molecule has 0 bridgehead atoms. The van der Waals surface area contributed by atoms with Gasteiger partial charge in [-0.15, -0.1) is 0 Å². The molecule has 1 unspecified atom stereocenters. The van der Waals surface area contributed by atoms with Gasteiger partial charge in [-0.3, -0.25) is 4.79 Å². The van der Waals surface area contributed by atoms with E-state index in [4.69, 9.17) is 10.8 Å². The maximum Gasteiger partial charge on any atom is 0.251 e. The number of anilines is 1. The molecule has 0 fully saturated rings. The summed E-state index contributed by atoms with van der Waals surface area (Å²) in [6, 6.07) is 5.37. The number of rotatable bonds is 5. The van der Waals surface area contributed by atoms with Gasteiger partial charge >= 0.3 is 0 Å². The average Bonchev–Trinajstić information content (AvgIpc) is 2.29. The van der Waals surface area contributed by atoms with Gasteiger partial charge < -0.3 is 16.2 Å². The Morgan fingerprint density at radius 2 is 2.24 bits per heavy atom. The summed E-state index contributed by atoms with van der Waals surface area (Å²) < 4.78 is 0. The molecule has 0 heterocycles.